The lowest BCUT2D eigenvalue weighted by Crippen LogP contribution is -2.31. The van der Waals surface area contributed by atoms with Gasteiger partial charge in [-0.15, -0.1) is 0 Å². The minimum atomic E-state index is -0.174. The number of rotatable bonds is 3. The third-order valence-corrected chi connectivity index (χ3v) is 4.87. The number of nitrogens with zero attached hydrogens (tertiary/aromatic N) is 1. The molecule has 3 rings (SSSR count). The number of benzene rings is 1. The fraction of sp³-hybridized carbons (Fsp3) is 0.474. The number of allylic oxidation sites excluding steroid dienone is 2. The summed E-state index contributed by atoms with van der Waals surface area (Å²) >= 11 is 0. The van der Waals surface area contributed by atoms with Crippen LogP contribution >= 0.6 is 0 Å². The molecule has 0 saturated carbocycles. The summed E-state index contributed by atoms with van der Waals surface area (Å²) in [6.07, 6.45) is 8.01. The molecule has 22 heavy (non-hydrogen) atoms. The molecule has 0 N–H and O–H groups in total. The Labute approximate surface area is 132 Å². The number of carbonyl (C=O) groups excluding carboxylic acids is 2. The fourth-order valence-electron chi connectivity index (χ4n) is 3.67. The second-order valence-corrected chi connectivity index (χ2v) is 6.51. The summed E-state index contributed by atoms with van der Waals surface area (Å²) in [6.45, 7) is 4.16. The van der Waals surface area contributed by atoms with Crippen molar-refractivity contribution < 1.29 is 9.59 Å². The predicted molar refractivity (Wildman–Crippen MR) is 87.4 cm³/mol. The maximum atomic E-state index is 12.8. The monoisotopic (exact) mass is 297 g/mol. The number of hydrogen-bond acceptors (Lipinski definition) is 2. The Kier molecular flexibility index (Phi) is 4.14. The lowest BCUT2D eigenvalue weighted by molar-refractivity contribution is -0.122. The Morgan fingerprint density at radius 2 is 1.77 bits per heavy atom. The average Bonchev–Trinajstić information content (AvgIpc) is 2.67. The van der Waals surface area contributed by atoms with Crippen LogP contribution in [0.15, 0.2) is 36.4 Å². The van der Waals surface area contributed by atoms with E-state index in [9.17, 15) is 9.59 Å². The molecule has 3 heteroatoms. The Balaban J connectivity index is 1.87. The van der Waals surface area contributed by atoms with Gasteiger partial charge in [0.15, 0.2) is 0 Å². The van der Waals surface area contributed by atoms with Crippen LogP contribution in [0, 0.1) is 24.7 Å². The summed E-state index contributed by atoms with van der Waals surface area (Å²) in [5, 5.41) is 0. The Hall–Kier alpha value is -1.90. The summed E-state index contributed by atoms with van der Waals surface area (Å²) in [5.41, 5.74) is 1.84. The lowest BCUT2D eigenvalue weighted by atomic mass is 9.86. The van der Waals surface area contributed by atoms with Gasteiger partial charge in [0.1, 0.15) is 0 Å². The number of fused-ring (bicyclic) bond motifs is 1. The number of anilines is 1. The highest BCUT2D eigenvalue weighted by Crippen LogP contribution is 2.39. The van der Waals surface area contributed by atoms with Crippen LogP contribution in [0.1, 0.15) is 38.2 Å². The Morgan fingerprint density at radius 1 is 1.09 bits per heavy atom. The standard InChI is InChI=1S/C19H23NO2/c1-3-5-14-6-4-7-16-17(12-14)19(22)20(18(16)21)15-10-8-13(2)9-11-15/h4,6,8-11,14,16-17H,3,5,7,12H2,1-2H3. The van der Waals surface area contributed by atoms with Crippen molar-refractivity contribution in [1.29, 1.82) is 0 Å². The molecular formula is C19H23NO2. The number of imide groups is 1. The van der Waals surface area contributed by atoms with Crippen molar-refractivity contribution in [2.24, 2.45) is 17.8 Å². The van der Waals surface area contributed by atoms with Crippen LogP contribution in [0.3, 0.4) is 0 Å². The van der Waals surface area contributed by atoms with Crippen molar-refractivity contribution in [2.45, 2.75) is 39.5 Å². The Bertz CT molecular complexity index is 602. The van der Waals surface area contributed by atoms with Crippen LogP contribution in [0.2, 0.25) is 0 Å². The molecule has 2 aliphatic rings. The summed E-state index contributed by atoms with van der Waals surface area (Å²) in [5.74, 6) is 0.0614. The molecular weight excluding hydrogens is 274 g/mol. The van der Waals surface area contributed by atoms with Gasteiger partial charge in [0.25, 0.3) is 0 Å². The van der Waals surface area contributed by atoms with Crippen molar-refractivity contribution in [3.05, 3.63) is 42.0 Å². The first-order chi connectivity index (χ1) is 10.6. The molecule has 1 aliphatic carbocycles. The molecule has 1 saturated heterocycles. The summed E-state index contributed by atoms with van der Waals surface area (Å²) < 4.78 is 0. The molecule has 1 aromatic carbocycles. The molecule has 116 valence electrons. The minimum absolute atomic E-state index is 0.0105. The maximum Gasteiger partial charge on any atom is 0.237 e. The van der Waals surface area contributed by atoms with Crippen LogP contribution in [0.4, 0.5) is 5.69 Å². The van der Waals surface area contributed by atoms with Gasteiger partial charge in [0, 0.05) is 0 Å². The summed E-state index contributed by atoms with van der Waals surface area (Å²) in [7, 11) is 0. The number of carbonyl (C=O) groups is 2. The van der Waals surface area contributed by atoms with Gasteiger partial charge in [-0.2, -0.15) is 0 Å². The van der Waals surface area contributed by atoms with Gasteiger partial charge < -0.3 is 0 Å². The van der Waals surface area contributed by atoms with Gasteiger partial charge in [-0.1, -0.05) is 43.2 Å². The second kappa shape index (κ2) is 6.07. The molecule has 1 aromatic rings. The van der Waals surface area contributed by atoms with Crippen molar-refractivity contribution in [2.75, 3.05) is 4.90 Å². The van der Waals surface area contributed by atoms with Gasteiger partial charge in [-0.25, -0.2) is 0 Å². The first kappa shape index (κ1) is 15.0. The zero-order chi connectivity index (χ0) is 15.7. The SMILES string of the molecule is CCCC1C=CCC2C(=O)N(c3ccc(C)cc3)C(=O)C2C1. The van der Waals surface area contributed by atoms with Crippen LogP contribution in [0.25, 0.3) is 0 Å². The van der Waals surface area contributed by atoms with Crippen LogP contribution in [-0.2, 0) is 9.59 Å². The van der Waals surface area contributed by atoms with Crippen molar-refractivity contribution in [1.82, 2.24) is 0 Å². The van der Waals surface area contributed by atoms with Gasteiger partial charge in [-0.05, 0) is 44.2 Å². The highest BCUT2D eigenvalue weighted by Gasteiger charge is 2.48. The van der Waals surface area contributed by atoms with Gasteiger partial charge in [0.05, 0.1) is 17.5 Å². The minimum Gasteiger partial charge on any atom is -0.274 e. The fourth-order valence-corrected chi connectivity index (χ4v) is 3.67. The van der Waals surface area contributed by atoms with Crippen molar-refractivity contribution in [3.8, 4) is 0 Å². The van der Waals surface area contributed by atoms with Crippen molar-refractivity contribution in [3.63, 3.8) is 0 Å². The van der Waals surface area contributed by atoms with Gasteiger partial charge in [0.2, 0.25) is 11.8 Å². The summed E-state index contributed by atoms with van der Waals surface area (Å²) in [4.78, 5) is 27.0. The van der Waals surface area contributed by atoms with Crippen LogP contribution < -0.4 is 4.90 Å². The first-order valence-corrected chi connectivity index (χ1v) is 8.23. The van der Waals surface area contributed by atoms with E-state index >= 15 is 0 Å². The second-order valence-electron chi connectivity index (χ2n) is 6.51. The van der Waals surface area contributed by atoms with E-state index in [0.717, 1.165) is 24.8 Å². The molecule has 0 aromatic heterocycles. The molecule has 0 spiro atoms. The average molecular weight is 297 g/mol. The highest BCUT2D eigenvalue weighted by molar-refractivity contribution is 6.22. The molecule has 3 atom stereocenters. The molecule has 0 bridgehead atoms. The van der Waals surface area contributed by atoms with E-state index in [0.29, 0.717) is 18.0 Å². The molecule has 1 aliphatic heterocycles. The lowest BCUT2D eigenvalue weighted by Gasteiger charge is -2.17. The zero-order valence-corrected chi connectivity index (χ0v) is 13.3. The quantitative estimate of drug-likeness (QED) is 0.627. The molecule has 1 heterocycles. The zero-order valence-electron chi connectivity index (χ0n) is 13.3. The van der Waals surface area contributed by atoms with E-state index in [2.05, 4.69) is 19.1 Å². The van der Waals surface area contributed by atoms with E-state index in [-0.39, 0.29) is 23.7 Å². The molecule has 3 nitrogen and oxygen atoms in total. The molecule has 1 fully saturated rings. The molecule has 2 amide bonds. The molecule has 0 radical (unpaired) electrons. The molecule has 3 unspecified atom stereocenters. The topological polar surface area (TPSA) is 37.4 Å². The van der Waals surface area contributed by atoms with Crippen LogP contribution in [-0.4, -0.2) is 11.8 Å². The smallest absolute Gasteiger partial charge is 0.237 e. The Morgan fingerprint density at radius 3 is 2.45 bits per heavy atom. The number of hydrogen-bond donors (Lipinski definition) is 0. The largest absolute Gasteiger partial charge is 0.274 e. The van der Waals surface area contributed by atoms with Crippen molar-refractivity contribution >= 4 is 17.5 Å². The predicted octanol–water partition coefficient (Wildman–Crippen LogP) is 3.87. The van der Waals surface area contributed by atoms with Gasteiger partial charge in [-0.3, -0.25) is 14.5 Å². The van der Waals surface area contributed by atoms with E-state index < -0.39 is 0 Å². The van der Waals surface area contributed by atoms with E-state index in [4.69, 9.17) is 0 Å². The normalized spacial score (nSPS) is 27.9. The third-order valence-electron chi connectivity index (χ3n) is 4.87. The maximum absolute atomic E-state index is 12.8. The first-order valence-electron chi connectivity index (χ1n) is 8.23. The third kappa shape index (κ3) is 2.60. The van der Waals surface area contributed by atoms with E-state index in [1.54, 1.807) is 0 Å². The van der Waals surface area contributed by atoms with Crippen LogP contribution in [0.5, 0.6) is 0 Å². The van der Waals surface area contributed by atoms with E-state index in [1.165, 1.54) is 4.90 Å². The summed E-state index contributed by atoms with van der Waals surface area (Å²) in [6, 6.07) is 7.64. The number of aryl methyl sites for hydroxylation is 1. The number of amides is 2. The van der Waals surface area contributed by atoms with Gasteiger partial charge >= 0.3 is 0 Å². The highest BCUT2D eigenvalue weighted by atomic mass is 16.2. The van der Waals surface area contributed by atoms with E-state index in [1.807, 2.05) is 31.2 Å².